The number of hydrogen-bond donors (Lipinski definition) is 0. The zero-order chi connectivity index (χ0) is 9.90. The summed E-state index contributed by atoms with van der Waals surface area (Å²) in [6, 6.07) is 0. The number of Topliss-reactive ketones (excluding diaryl/α,β-unsaturated/α-hetero) is 1. The Kier molecular flexibility index (Phi) is 2.98. The normalized spacial score (nSPS) is 28.6. The van der Waals surface area contributed by atoms with Crippen molar-refractivity contribution in [2.75, 3.05) is 19.8 Å². The number of esters is 1. The zero-order valence-corrected chi connectivity index (χ0v) is 7.34. The number of hydrogen-bond acceptors (Lipinski definition) is 4. The second-order valence-electron chi connectivity index (χ2n) is 2.75. The van der Waals surface area contributed by atoms with E-state index < -0.39 is 24.0 Å². The Morgan fingerprint density at radius 2 is 2.46 bits per heavy atom. The van der Waals surface area contributed by atoms with Crippen LogP contribution in [0.25, 0.3) is 0 Å². The van der Waals surface area contributed by atoms with Gasteiger partial charge >= 0.3 is 5.97 Å². The molecule has 1 aliphatic rings. The van der Waals surface area contributed by atoms with Gasteiger partial charge in [-0.15, -0.1) is 0 Å². The van der Waals surface area contributed by atoms with Crippen molar-refractivity contribution in [2.45, 2.75) is 19.0 Å². The molecule has 0 saturated carbocycles. The summed E-state index contributed by atoms with van der Waals surface area (Å²) >= 11 is 0. The van der Waals surface area contributed by atoms with E-state index in [9.17, 15) is 14.0 Å². The summed E-state index contributed by atoms with van der Waals surface area (Å²) in [5.74, 6) is -1.89. The van der Waals surface area contributed by atoms with Crippen LogP contribution >= 0.6 is 0 Å². The molecule has 0 aromatic heterocycles. The SMILES string of the molecule is CCOC(=O)C1(F)COCCC1=O. The first-order valence-corrected chi connectivity index (χ1v) is 4.08. The van der Waals surface area contributed by atoms with Crippen LogP contribution in [-0.2, 0) is 19.1 Å². The molecule has 0 aromatic rings. The highest BCUT2D eigenvalue weighted by Gasteiger charge is 2.49. The van der Waals surface area contributed by atoms with Crippen LogP contribution in [0.2, 0.25) is 0 Å². The molecule has 13 heavy (non-hydrogen) atoms. The fraction of sp³-hybridized carbons (Fsp3) is 0.750. The summed E-state index contributed by atoms with van der Waals surface area (Å²) in [4.78, 5) is 22.1. The maximum Gasteiger partial charge on any atom is 0.354 e. The van der Waals surface area contributed by atoms with Gasteiger partial charge in [-0.3, -0.25) is 4.79 Å². The number of carbonyl (C=O) groups is 2. The molecular weight excluding hydrogens is 179 g/mol. The van der Waals surface area contributed by atoms with Gasteiger partial charge in [-0.2, -0.15) is 0 Å². The van der Waals surface area contributed by atoms with Gasteiger partial charge < -0.3 is 9.47 Å². The van der Waals surface area contributed by atoms with Crippen LogP contribution in [-0.4, -0.2) is 37.2 Å². The van der Waals surface area contributed by atoms with E-state index in [1.54, 1.807) is 6.92 Å². The van der Waals surface area contributed by atoms with E-state index in [0.29, 0.717) is 0 Å². The largest absolute Gasteiger partial charge is 0.463 e. The Labute approximate surface area is 75.0 Å². The number of ketones is 1. The molecule has 0 aromatic carbocycles. The topological polar surface area (TPSA) is 52.6 Å². The van der Waals surface area contributed by atoms with Gasteiger partial charge in [-0.25, -0.2) is 9.18 Å². The van der Waals surface area contributed by atoms with E-state index in [4.69, 9.17) is 4.74 Å². The summed E-state index contributed by atoms with van der Waals surface area (Å²) < 4.78 is 22.8. The molecule has 0 spiro atoms. The predicted molar refractivity (Wildman–Crippen MR) is 40.9 cm³/mol. The first kappa shape index (κ1) is 10.1. The Morgan fingerprint density at radius 3 is 3.00 bits per heavy atom. The molecule has 0 N–H and O–H groups in total. The van der Waals surface area contributed by atoms with Crippen LogP contribution in [0, 0.1) is 0 Å². The number of rotatable bonds is 2. The number of ether oxygens (including phenoxy) is 2. The van der Waals surface area contributed by atoms with Crippen LogP contribution in [0.3, 0.4) is 0 Å². The van der Waals surface area contributed by atoms with Gasteiger partial charge in [-0.05, 0) is 6.92 Å². The molecule has 1 heterocycles. The van der Waals surface area contributed by atoms with Crippen molar-refractivity contribution < 1.29 is 23.5 Å². The van der Waals surface area contributed by atoms with Crippen LogP contribution in [0.1, 0.15) is 13.3 Å². The molecule has 4 nitrogen and oxygen atoms in total. The maximum absolute atomic E-state index is 13.6. The van der Waals surface area contributed by atoms with Crippen molar-refractivity contribution in [3.05, 3.63) is 0 Å². The van der Waals surface area contributed by atoms with Crippen molar-refractivity contribution in [2.24, 2.45) is 0 Å². The van der Waals surface area contributed by atoms with Crippen LogP contribution in [0.5, 0.6) is 0 Å². The molecule has 0 amide bonds. The van der Waals surface area contributed by atoms with Crippen molar-refractivity contribution in [1.29, 1.82) is 0 Å². The fourth-order valence-electron chi connectivity index (χ4n) is 1.07. The molecule has 74 valence electrons. The Hall–Kier alpha value is -0.970. The summed E-state index contributed by atoms with van der Waals surface area (Å²) in [6.07, 6.45) is -0.0741. The molecule has 1 saturated heterocycles. The van der Waals surface area contributed by atoms with Gasteiger partial charge in [0.1, 0.15) is 0 Å². The molecule has 1 unspecified atom stereocenters. The van der Waals surface area contributed by atoms with Gasteiger partial charge in [-0.1, -0.05) is 0 Å². The summed E-state index contributed by atoms with van der Waals surface area (Å²) in [6.45, 7) is 1.25. The summed E-state index contributed by atoms with van der Waals surface area (Å²) in [7, 11) is 0. The lowest BCUT2D eigenvalue weighted by atomic mass is 9.97. The third kappa shape index (κ3) is 1.85. The van der Waals surface area contributed by atoms with E-state index in [1.807, 2.05) is 0 Å². The van der Waals surface area contributed by atoms with Crippen molar-refractivity contribution in [3.63, 3.8) is 0 Å². The summed E-state index contributed by atoms with van der Waals surface area (Å²) in [5, 5.41) is 0. The number of carbonyl (C=O) groups excluding carboxylic acids is 2. The molecule has 1 rings (SSSR count). The lowest BCUT2D eigenvalue weighted by Crippen LogP contribution is -2.50. The molecule has 0 bridgehead atoms. The molecule has 5 heteroatoms. The summed E-state index contributed by atoms with van der Waals surface area (Å²) in [5.41, 5.74) is -2.58. The van der Waals surface area contributed by atoms with Gasteiger partial charge in [0.05, 0.1) is 19.8 Å². The minimum Gasteiger partial charge on any atom is -0.463 e. The lowest BCUT2D eigenvalue weighted by Gasteiger charge is -2.25. The third-order valence-electron chi connectivity index (χ3n) is 1.82. The molecule has 1 aliphatic heterocycles. The maximum atomic E-state index is 13.6. The van der Waals surface area contributed by atoms with E-state index in [2.05, 4.69) is 4.74 Å². The number of halogens is 1. The highest BCUT2D eigenvalue weighted by Crippen LogP contribution is 2.21. The minimum absolute atomic E-state index is 0.0534. The fourth-order valence-corrected chi connectivity index (χ4v) is 1.07. The molecular formula is C8H11FO4. The zero-order valence-electron chi connectivity index (χ0n) is 7.34. The van der Waals surface area contributed by atoms with Gasteiger partial charge in [0, 0.05) is 6.42 Å². The van der Waals surface area contributed by atoms with Crippen LogP contribution < -0.4 is 0 Å². The number of alkyl halides is 1. The Bertz CT molecular complexity index is 228. The molecule has 0 radical (unpaired) electrons. The van der Waals surface area contributed by atoms with Crippen molar-refractivity contribution in [1.82, 2.24) is 0 Å². The Morgan fingerprint density at radius 1 is 1.77 bits per heavy atom. The molecule has 0 aliphatic carbocycles. The van der Waals surface area contributed by atoms with Gasteiger partial charge in [0.25, 0.3) is 5.67 Å². The van der Waals surface area contributed by atoms with E-state index >= 15 is 0 Å². The quantitative estimate of drug-likeness (QED) is 0.462. The highest BCUT2D eigenvalue weighted by molar-refractivity contribution is 6.07. The third-order valence-corrected chi connectivity index (χ3v) is 1.82. The average Bonchev–Trinajstić information content (AvgIpc) is 2.11. The van der Waals surface area contributed by atoms with Gasteiger partial charge in [0.2, 0.25) is 0 Å². The van der Waals surface area contributed by atoms with Crippen molar-refractivity contribution >= 4 is 11.8 Å². The highest BCUT2D eigenvalue weighted by atomic mass is 19.1. The molecule has 1 fully saturated rings. The first-order valence-electron chi connectivity index (χ1n) is 4.08. The predicted octanol–water partition coefficient (Wildman–Crippen LogP) is 0.247. The van der Waals surface area contributed by atoms with Crippen molar-refractivity contribution in [3.8, 4) is 0 Å². The lowest BCUT2D eigenvalue weighted by molar-refractivity contribution is -0.171. The first-order chi connectivity index (χ1) is 6.11. The van der Waals surface area contributed by atoms with E-state index in [-0.39, 0.29) is 19.6 Å². The molecule has 1 atom stereocenters. The Balaban J connectivity index is 2.71. The monoisotopic (exact) mass is 190 g/mol. The smallest absolute Gasteiger partial charge is 0.354 e. The second kappa shape index (κ2) is 3.83. The average molecular weight is 190 g/mol. The van der Waals surface area contributed by atoms with E-state index in [1.165, 1.54) is 0 Å². The standard InChI is InChI=1S/C8H11FO4/c1-2-13-7(11)8(9)5-12-4-3-6(8)10/h2-5H2,1H3. The van der Waals surface area contributed by atoms with E-state index in [0.717, 1.165) is 0 Å². The second-order valence-corrected chi connectivity index (χ2v) is 2.75. The minimum atomic E-state index is -2.58. The van der Waals surface area contributed by atoms with Crippen LogP contribution in [0.4, 0.5) is 4.39 Å². The van der Waals surface area contributed by atoms with Crippen LogP contribution in [0.15, 0.2) is 0 Å². The van der Waals surface area contributed by atoms with Gasteiger partial charge in [0.15, 0.2) is 5.78 Å².